The van der Waals surface area contributed by atoms with Crippen molar-refractivity contribution < 1.29 is 4.79 Å². The molecule has 1 fully saturated rings. The second-order valence-corrected chi connectivity index (χ2v) is 5.54. The molecule has 1 aliphatic rings. The Balaban J connectivity index is 2.07. The topological polar surface area (TPSA) is 23.6 Å². The summed E-state index contributed by atoms with van der Waals surface area (Å²) in [6, 6.07) is 6.18. The summed E-state index contributed by atoms with van der Waals surface area (Å²) in [6.45, 7) is 8.53. The maximum atomic E-state index is 11.1. The van der Waals surface area contributed by atoms with Crippen LogP contribution < -0.4 is 4.90 Å². The minimum absolute atomic E-state index is 0.615. The third-order valence-corrected chi connectivity index (χ3v) is 4.22. The van der Waals surface area contributed by atoms with Crippen LogP contribution in [-0.2, 0) is 0 Å². The van der Waals surface area contributed by atoms with Crippen molar-refractivity contribution in [1.29, 1.82) is 0 Å². The van der Waals surface area contributed by atoms with Gasteiger partial charge in [0.1, 0.15) is 0 Å². The van der Waals surface area contributed by atoms with E-state index in [9.17, 15) is 4.79 Å². The molecule has 1 aliphatic heterocycles. The van der Waals surface area contributed by atoms with Crippen LogP contribution in [0.25, 0.3) is 0 Å². The summed E-state index contributed by atoms with van der Waals surface area (Å²) >= 11 is 5.93. The molecular formula is C15H21ClN2O. The van der Waals surface area contributed by atoms with Gasteiger partial charge in [0.2, 0.25) is 0 Å². The van der Waals surface area contributed by atoms with Crippen molar-refractivity contribution in [3.63, 3.8) is 0 Å². The lowest BCUT2D eigenvalue weighted by Gasteiger charge is -2.39. The van der Waals surface area contributed by atoms with Crippen molar-refractivity contribution in [1.82, 2.24) is 4.90 Å². The highest BCUT2D eigenvalue weighted by Gasteiger charge is 2.21. The van der Waals surface area contributed by atoms with Gasteiger partial charge in [0.15, 0.2) is 6.29 Å². The molecule has 19 heavy (non-hydrogen) atoms. The fourth-order valence-corrected chi connectivity index (χ4v) is 2.75. The molecule has 0 saturated carbocycles. The first-order valence-electron chi connectivity index (χ1n) is 6.89. The number of carbonyl (C=O) groups is 1. The van der Waals surface area contributed by atoms with Crippen molar-refractivity contribution in [2.24, 2.45) is 0 Å². The van der Waals surface area contributed by atoms with Crippen molar-refractivity contribution in [2.75, 3.05) is 31.1 Å². The monoisotopic (exact) mass is 280 g/mol. The van der Waals surface area contributed by atoms with Crippen LogP contribution in [0.4, 0.5) is 5.69 Å². The molecule has 1 aromatic carbocycles. The number of hydrogen-bond donors (Lipinski definition) is 0. The fraction of sp³-hybridized carbons (Fsp3) is 0.533. The van der Waals surface area contributed by atoms with Gasteiger partial charge in [0.05, 0.1) is 0 Å². The average molecular weight is 281 g/mol. The van der Waals surface area contributed by atoms with Crippen LogP contribution in [0.3, 0.4) is 0 Å². The third-order valence-electron chi connectivity index (χ3n) is 3.99. The lowest BCUT2D eigenvalue weighted by atomic mass is 10.1. The molecule has 1 unspecified atom stereocenters. The summed E-state index contributed by atoms with van der Waals surface area (Å²) in [7, 11) is 0. The molecule has 1 heterocycles. The summed E-state index contributed by atoms with van der Waals surface area (Å²) in [4.78, 5) is 15.9. The van der Waals surface area contributed by atoms with Gasteiger partial charge >= 0.3 is 0 Å². The molecule has 0 radical (unpaired) electrons. The number of benzene rings is 1. The first-order chi connectivity index (χ1) is 9.15. The molecule has 0 N–H and O–H groups in total. The Morgan fingerprint density at radius 3 is 2.58 bits per heavy atom. The Morgan fingerprint density at radius 1 is 1.32 bits per heavy atom. The number of anilines is 1. The first kappa shape index (κ1) is 14.4. The number of rotatable bonds is 4. The van der Waals surface area contributed by atoms with Crippen LogP contribution in [-0.4, -0.2) is 43.4 Å². The van der Waals surface area contributed by atoms with E-state index in [1.807, 2.05) is 12.1 Å². The molecule has 0 amide bonds. The molecule has 3 nitrogen and oxygen atoms in total. The SMILES string of the molecule is CCC(C)N1CCN(c2ccc(Cl)cc2C=O)CC1. The predicted octanol–water partition coefficient (Wildman–Crippen LogP) is 3.07. The van der Waals surface area contributed by atoms with E-state index in [-0.39, 0.29) is 0 Å². The number of nitrogens with zero attached hydrogens (tertiary/aromatic N) is 2. The smallest absolute Gasteiger partial charge is 0.152 e. The average Bonchev–Trinajstić information content (AvgIpc) is 2.46. The van der Waals surface area contributed by atoms with Crippen LogP contribution in [0.5, 0.6) is 0 Å². The van der Waals surface area contributed by atoms with E-state index in [1.165, 1.54) is 6.42 Å². The van der Waals surface area contributed by atoms with Gasteiger partial charge in [-0.15, -0.1) is 0 Å². The molecule has 104 valence electrons. The Hall–Kier alpha value is -1.06. The maximum Gasteiger partial charge on any atom is 0.152 e. The second-order valence-electron chi connectivity index (χ2n) is 5.10. The van der Waals surface area contributed by atoms with Gasteiger partial charge in [0, 0.05) is 48.5 Å². The highest BCUT2D eigenvalue weighted by Crippen LogP contribution is 2.24. The minimum Gasteiger partial charge on any atom is -0.368 e. The van der Waals surface area contributed by atoms with Gasteiger partial charge in [0.25, 0.3) is 0 Å². The van der Waals surface area contributed by atoms with Crippen molar-refractivity contribution in [3.05, 3.63) is 28.8 Å². The molecule has 0 spiro atoms. The summed E-state index contributed by atoms with van der Waals surface area (Å²) in [5, 5.41) is 0.615. The normalized spacial score (nSPS) is 18.4. The molecule has 0 aliphatic carbocycles. The molecule has 2 rings (SSSR count). The Labute approximate surface area is 120 Å². The van der Waals surface area contributed by atoms with E-state index in [1.54, 1.807) is 6.07 Å². The molecular weight excluding hydrogens is 260 g/mol. The minimum atomic E-state index is 0.615. The van der Waals surface area contributed by atoms with Crippen molar-refractivity contribution in [2.45, 2.75) is 26.3 Å². The van der Waals surface area contributed by atoms with Crippen LogP contribution in [0.15, 0.2) is 18.2 Å². The van der Waals surface area contributed by atoms with E-state index in [0.717, 1.165) is 38.2 Å². The number of carbonyl (C=O) groups excluding carboxylic acids is 1. The molecule has 1 aromatic rings. The van der Waals surface area contributed by atoms with Crippen molar-refractivity contribution >= 4 is 23.6 Å². The maximum absolute atomic E-state index is 11.1. The van der Waals surface area contributed by atoms with Gasteiger partial charge in [-0.1, -0.05) is 18.5 Å². The summed E-state index contributed by atoms with van der Waals surface area (Å²) < 4.78 is 0. The van der Waals surface area contributed by atoms with Crippen molar-refractivity contribution in [3.8, 4) is 0 Å². The number of piperazine rings is 1. The second kappa shape index (κ2) is 6.40. The molecule has 4 heteroatoms. The summed E-state index contributed by atoms with van der Waals surface area (Å²) in [5.74, 6) is 0. The van der Waals surface area contributed by atoms with E-state index in [0.29, 0.717) is 16.6 Å². The zero-order valence-corrected chi connectivity index (χ0v) is 12.4. The van der Waals surface area contributed by atoms with Crippen LogP contribution in [0.2, 0.25) is 5.02 Å². The van der Waals surface area contributed by atoms with Gasteiger partial charge in [-0.25, -0.2) is 0 Å². The Bertz CT molecular complexity index is 442. The van der Waals surface area contributed by atoms with Crippen LogP contribution >= 0.6 is 11.6 Å². The zero-order valence-electron chi connectivity index (χ0n) is 11.6. The highest BCUT2D eigenvalue weighted by atomic mass is 35.5. The summed E-state index contributed by atoms with van der Waals surface area (Å²) in [5.41, 5.74) is 1.69. The third kappa shape index (κ3) is 3.28. The van der Waals surface area contributed by atoms with E-state index < -0.39 is 0 Å². The molecule has 1 saturated heterocycles. The van der Waals surface area contributed by atoms with Gasteiger partial charge in [-0.2, -0.15) is 0 Å². The lowest BCUT2D eigenvalue weighted by Crippen LogP contribution is -2.49. The van der Waals surface area contributed by atoms with Gasteiger partial charge in [-0.3, -0.25) is 9.69 Å². The van der Waals surface area contributed by atoms with Crippen LogP contribution in [0, 0.1) is 0 Å². The predicted molar refractivity (Wildman–Crippen MR) is 80.4 cm³/mol. The number of hydrogen-bond acceptors (Lipinski definition) is 3. The standard InChI is InChI=1S/C15H21ClN2O/c1-3-12(2)17-6-8-18(9-7-17)15-5-4-14(16)10-13(15)11-19/h4-5,10-12H,3,6-9H2,1-2H3. The first-order valence-corrected chi connectivity index (χ1v) is 7.27. The largest absolute Gasteiger partial charge is 0.368 e. The summed E-state index contributed by atoms with van der Waals surface area (Å²) in [6.07, 6.45) is 2.07. The quantitative estimate of drug-likeness (QED) is 0.792. The van der Waals surface area contributed by atoms with Gasteiger partial charge in [-0.05, 0) is 31.5 Å². The Kier molecular flexibility index (Phi) is 4.83. The number of aldehydes is 1. The fourth-order valence-electron chi connectivity index (χ4n) is 2.57. The van der Waals surface area contributed by atoms with E-state index in [2.05, 4.69) is 23.6 Å². The Morgan fingerprint density at radius 2 is 2.00 bits per heavy atom. The van der Waals surface area contributed by atoms with Gasteiger partial charge < -0.3 is 4.90 Å². The molecule has 0 bridgehead atoms. The number of halogens is 1. The lowest BCUT2D eigenvalue weighted by molar-refractivity contribution is 0.112. The molecule has 1 atom stereocenters. The highest BCUT2D eigenvalue weighted by molar-refractivity contribution is 6.31. The van der Waals surface area contributed by atoms with E-state index >= 15 is 0 Å². The van der Waals surface area contributed by atoms with Crippen LogP contribution in [0.1, 0.15) is 30.6 Å². The zero-order chi connectivity index (χ0) is 13.8. The molecule has 0 aromatic heterocycles. The van der Waals surface area contributed by atoms with E-state index in [4.69, 9.17) is 11.6 Å².